The highest BCUT2D eigenvalue weighted by Crippen LogP contribution is 2.29. The summed E-state index contributed by atoms with van der Waals surface area (Å²) in [6.07, 6.45) is 4.77. The van der Waals surface area contributed by atoms with Crippen LogP contribution in [0.5, 0.6) is 5.75 Å². The zero-order chi connectivity index (χ0) is 16.1. The molecule has 4 nitrogen and oxygen atoms in total. The Hall–Kier alpha value is -2.49. The first-order chi connectivity index (χ1) is 11.2. The summed E-state index contributed by atoms with van der Waals surface area (Å²) in [7, 11) is 0. The minimum absolute atomic E-state index is 0.294. The summed E-state index contributed by atoms with van der Waals surface area (Å²) < 4.78 is 5.93. The molecule has 0 bridgehead atoms. The number of hydrogen-bond donors (Lipinski definition) is 2. The normalized spacial score (nSPS) is 13.2. The van der Waals surface area contributed by atoms with Crippen molar-refractivity contribution in [2.24, 2.45) is 0 Å². The van der Waals surface area contributed by atoms with E-state index in [-0.39, 0.29) is 0 Å². The summed E-state index contributed by atoms with van der Waals surface area (Å²) in [5.74, 6) is 0.0963. The Labute approximate surface area is 136 Å². The Kier molecular flexibility index (Phi) is 4.81. The first-order valence-corrected chi connectivity index (χ1v) is 8.05. The maximum Gasteiger partial charge on any atom is 0.335 e. The number of aromatic carboxylic acids is 1. The van der Waals surface area contributed by atoms with E-state index in [1.54, 1.807) is 24.3 Å². The number of benzene rings is 2. The van der Waals surface area contributed by atoms with Crippen molar-refractivity contribution in [2.75, 3.05) is 18.5 Å². The Bertz CT molecular complexity index is 680. The molecule has 0 amide bonds. The van der Waals surface area contributed by atoms with Gasteiger partial charge in [0.1, 0.15) is 12.4 Å². The molecule has 2 N–H and O–H groups in total. The predicted molar refractivity (Wildman–Crippen MR) is 90.5 cm³/mol. The van der Waals surface area contributed by atoms with Crippen LogP contribution in [0.2, 0.25) is 0 Å². The lowest BCUT2D eigenvalue weighted by molar-refractivity contribution is 0.0697. The number of carboxylic acids is 1. The molecule has 0 fully saturated rings. The number of fused-ring (bicyclic) bond motifs is 1. The molecule has 4 heteroatoms. The zero-order valence-corrected chi connectivity index (χ0v) is 13.0. The van der Waals surface area contributed by atoms with Gasteiger partial charge in [0.15, 0.2) is 0 Å². The van der Waals surface area contributed by atoms with Crippen molar-refractivity contribution in [3.8, 4) is 5.75 Å². The van der Waals surface area contributed by atoms with E-state index in [0.29, 0.717) is 18.7 Å². The number of ether oxygens (including phenoxy) is 1. The maximum absolute atomic E-state index is 10.8. The van der Waals surface area contributed by atoms with Crippen LogP contribution < -0.4 is 10.1 Å². The molecular weight excluding hydrogens is 290 g/mol. The maximum atomic E-state index is 10.8. The molecule has 0 saturated carbocycles. The second-order valence-electron chi connectivity index (χ2n) is 5.76. The summed E-state index contributed by atoms with van der Waals surface area (Å²) in [4.78, 5) is 10.8. The highest BCUT2D eigenvalue weighted by molar-refractivity contribution is 5.87. The van der Waals surface area contributed by atoms with Crippen molar-refractivity contribution in [1.82, 2.24) is 0 Å². The second kappa shape index (κ2) is 7.18. The molecule has 23 heavy (non-hydrogen) atoms. The predicted octanol–water partition coefficient (Wildman–Crippen LogP) is 3.75. The van der Waals surface area contributed by atoms with Gasteiger partial charge in [-0.1, -0.05) is 12.1 Å². The van der Waals surface area contributed by atoms with E-state index >= 15 is 0 Å². The van der Waals surface area contributed by atoms with E-state index in [9.17, 15) is 4.79 Å². The van der Waals surface area contributed by atoms with Crippen molar-refractivity contribution in [2.45, 2.75) is 25.7 Å². The van der Waals surface area contributed by atoms with Crippen LogP contribution in [0.1, 0.15) is 34.3 Å². The summed E-state index contributed by atoms with van der Waals surface area (Å²) >= 11 is 0. The van der Waals surface area contributed by atoms with E-state index in [4.69, 9.17) is 9.84 Å². The summed E-state index contributed by atoms with van der Waals surface area (Å²) in [5.41, 5.74) is 3.98. The molecule has 0 spiro atoms. The number of carbonyl (C=O) groups is 1. The molecule has 0 saturated heterocycles. The number of anilines is 1. The largest absolute Gasteiger partial charge is 0.491 e. The van der Waals surface area contributed by atoms with Gasteiger partial charge in [0.2, 0.25) is 0 Å². The molecule has 0 aliphatic heterocycles. The Balaban J connectivity index is 1.51. The Morgan fingerprint density at radius 2 is 1.87 bits per heavy atom. The van der Waals surface area contributed by atoms with Crippen molar-refractivity contribution in [1.29, 1.82) is 0 Å². The topological polar surface area (TPSA) is 58.6 Å². The van der Waals surface area contributed by atoms with E-state index in [1.807, 2.05) is 6.07 Å². The van der Waals surface area contributed by atoms with Gasteiger partial charge >= 0.3 is 5.97 Å². The molecule has 1 aliphatic carbocycles. The first-order valence-electron chi connectivity index (χ1n) is 8.05. The van der Waals surface area contributed by atoms with Crippen LogP contribution in [0, 0.1) is 0 Å². The van der Waals surface area contributed by atoms with Gasteiger partial charge in [0.25, 0.3) is 0 Å². The molecule has 2 aromatic carbocycles. The lowest BCUT2D eigenvalue weighted by Crippen LogP contribution is -2.13. The lowest BCUT2D eigenvalue weighted by atomic mass is 9.91. The van der Waals surface area contributed by atoms with E-state index < -0.39 is 5.97 Å². The highest BCUT2D eigenvalue weighted by atomic mass is 16.5. The average Bonchev–Trinajstić information content (AvgIpc) is 2.59. The molecule has 0 unspecified atom stereocenters. The van der Waals surface area contributed by atoms with E-state index in [1.165, 1.54) is 24.0 Å². The lowest BCUT2D eigenvalue weighted by Gasteiger charge is -2.19. The van der Waals surface area contributed by atoms with Crippen LogP contribution in [-0.4, -0.2) is 24.2 Å². The fraction of sp³-hybridized carbons (Fsp3) is 0.316. The third kappa shape index (κ3) is 3.83. The quantitative estimate of drug-likeness (QED) is 0.798. The van der Waals surface area contributed by atoms with E-state index in [2.05, 4.69) is 17.4 Å². The molecule has 120 valence electrons. The monoisotopic (exact) mass is 311 g/mol. The van der Waals surface area contributed by atoms with Gasteiger partial charge in [-0.05, 0) is 67.1 Å². The van der Waals surface area contributed by atoms with Crippen molar-refractivity contribution >= 4 is 11.7 Å². The molecule has 0 aromatic heterocycles. The minimum Gasteiger partial charge on any atom is -0.491 e. The van der Waals surface area contributed by atoms with Gasteiger partial charge in [-0.3, -0.25) is 0 Å². The highest BCUT2D eigenvalue weighted by Gasteiger charge is 2.13. The fourth-order valence-corrected chi connectivity index (χ4v) is 2.97. The second-order valence-corrected chi connectivity index (χ2v) is 5.76. The van der Waals surface area contributed by atoms with Crippen LogP contribution >= 0.6 is 0 Å². The van der Waals surface area contributed by atoms with Crippen LogP contribution in [-0.2, 0) is 12.8 Å². The molecule has 0 radical (unpaired) electrons. The number of aryl methyl sites for hydroxylation is 1. The molecular formula is C19H21NO3. The van der Waals surface area contributed by atoms with Gasteiger partial charge in [-0.2, -0.15) is 0 Å². The molecule has 0 heterocycles. The average molecular weight is 311 g/mol. The third-order valence-electron chi connectivity index (χ3n) is 4.17. The summed E-state index contributed by atoms with van der Waals surface area (Å²) in [6.45, 7) is 1.26. The first kappa shape index (κ1) is 15.4. The van der Waals surface area contributed by atoms with Crippen molar-refractivity contribution in [3.05, 3.63) is 59.2 Å². The van der Waals surface area contributed by atoms with Gasteiger partial charge in [-0.25, -0.2) is 4.79 Å². The van der Waals surface area contributed by atoms with Gasteiger partial charge in [0.05, 0.1) is 5.56 Å². The number of hydrogen-bond acceptors (Lipinski definition) is 3. The molecule has 3 rings (SSSR count). The number of nitrogens with one attached hydrogen (secondary N) is 1. The van der Waals surface area contributed by atoms with Crippen LogP contribution in [0.4, 0.5) is 5.69 Å². The van der Waals surface area contributed by atoms with Gasteiger partial charge in [-0.15, -0.1) is 0 Å². The van der Waals surface area contributed by atoms with Crippen LogP contribution in [0.15, 0.2) is 42.5 Å². The third-order valence-corrected chi connectivity index (χ3v) is 4.17. The smallest absolute Gasteiger partial charge is 0.335 e. The Morgan fingerprint density at radius 3 is 2.65 bits per heavy atom. The molecule has 2 aromatic rings. The number of carboxylic acid groups (broad SMARTS) is 1. The fourth-order valence-electron chi connectivity index (χ4n) is 2.97. The SMILES string of the molecule is O=C(O)c1ccc(NCCOc2cccc3c2CCCC3)cc1. The van der Waals surface area contributed by atoms with Gasteiger partial charge < -0.3 is 15.2 Å². The van der Waals surface area contributed by atoms with Gasteiger partial charge in [0, 0.05) is 12.2 Å². The van der Waals surface area contributed by atoms with Crippen LogP contribution in [0.3, 0.4) is 0 Å². The minimum atomic E-state index is -0.909. The molecule has 0 atom stereocenters. The number of rotatable bonds is 6. The standard InChI is InChI=1S/C19H21NO3/c21-19(22)15-8-10-16(11-9-15)20-12-13-23-18-7-3-5-14-4-1-2-6-17(14)18/h3,5,7-11,20H,1-2,4,6,12-13H2,(H,21,22). The van der Waals surface area contributed by atoms with E-state index in [0.717, 1.165) is 24.3 Å². The van der Waals surface area contributed by atoms with Crippen LogP contribution in [0.25, 0.3) is 0 Å². The Morgan fingerprint density at radius 1 is 1.09 bits per heavy atom. The molecule has 1 aliphatic rings. The van der Waals surface area contributed by atoms with Crippen molar-refractivity contribution < 1.29 is 14.6 Å². The van der Waals surface area contributed by atoms with Crippen molar-refractivity contribution in [3.63, 3.8) is 0 Å². The summed E-state index contributed by atoms with van der Waals surface area (Å²) in [6, 6.07) is 13.0. The zero-order valence-electron chi connectivity index (χ0n) is 13.0. The summed E-state index contributed by atoms with van der Waals surface area (Å²) in [5, 5.41) is 12.1.